The van der Waals surface area contributed by atoms with Crippen molar-refractivity contribution in [1.29, 1.82) is 0 Å². The van der Waals surface area contributed by atoms with Crippen LogP contribution in [-0.2, 0) is 16.0 Å². The Morgan fingerprint density at radius 3 is 2.84 bits per heavy atom. The average Bonchev–Trinajstić information content (AvgIpc) is 3.52. The van der Waals surface area contributed by atoms with Gasteiger partial charge in [0.15, 0.2) is 0 Å². The molecule has 4 rings (SSSR count). The first-order valence-electron chi connectivity index (χ1n) is 11.1. The van der Waals surface area contributed by atoms with Crippen molar-refractivity contribution in [2.75, 3.05) is 12.4 Å². The molecule has 1 unspecified atom stereocenters. The molecule has 172 valence electrons. The number of urea groups is 1. The minimum Gasteiger partial charge on any atom is -0.464 e. The van der Waals surface area contributed by atoms with E-state index < -0.39 is 18.0 Å². The van der Waals surface area contributed by atoms with Crippen molar-refractivity contribution in [2.24, 2.45) is 5.92 Å². The molecular weight excluding hydrogens is 430 g/mol. The van der Waals surface area contributed by atoms with Crippen molar-refractivity contribution in [3.05, 3.63) is 40.7 Å². The van der Waals surface area contributed by atoms with E-state index in [1.165, 1.54) is 37.4 Å². The van der Waals surface area contributed by atoms with E-state index in [1.54, 1.807) is 19.1 Å². The molecule has 0 bridgehead atoms. The van der Waals surface area contributed by atoms with Gasteiger partial charge in [0.1, 0.15) is 23.4 Å². The number of hydrogen-bond donors (Lipinski definition) is 3. The highest BCUT2D eigenvalue weighted by atomic mass is 32.2. The molecule has 1 aliphatic carbocycles. The molecule has 1 atom stereocenters. The summed E-state index contributed by atoms with van der Waals surface area (Å²) in [4.78, 5) is 29.7. The molecule has 1 aliphatic heterocycles. The third-order valence-corrected chi connectivity index (χ3v) is 6.69. The molecule has 0 aromatic carbocycles. The molecule has 9 nitrogen and oxygen atoms in total. The van der Waals surface area contributed by atoms with Crippen LogP contribution in [0.3, 0.4) is 0 Å². The largest absolute Gasteiger partial charge is 0.464 e. The Morgan fingerprint density at radius 1 is 1.31 bits per heavy atom. The number of nitrogens with zero attached hydrogens (tertiary/aromatic N) is 2. The lowest BCUT2D eigenvalue weighted by molar-refractivity contribution is -0.139. The van der Waals surface area contributed by atoms with Gasteiger partial charge in [-0.1, -0.05) is 37.4 Å². The number of carbonyl (C=O) groups is 2. The molecule has 3 N–H and O–H groups in total. The number of hydrogen-bond acceptors (Lipinski definition) is 7. The molecule has 1 fully saturated rings. The van der Waals surface area contributed by atoms with E-state index in [2.05, 4.69) is 25.8 Å². The smallest absolute Gasteiger partial charge is 0.338 e. The monoisotopic (exact) mass is 459 g/mol. The van der Waals surface area contributed by atoms with Gasteiger partial charge in [-0.3, -0.25) is 5.10 Å². The van der Waals surface area contributed by atoms with E-state index in [1.807, 2.05) is 6.92 Å². The van der Waals surface area contributed by atoms with Gasteiger partial charge in [-0.25, -0.2) is 14.6 Å². The molecule has 10 heteroatoms. The third kappa shape index (κ3) is 5.35. The minimum absolute atomic E-state index is 0.228. The minimum atomic E-state index is -0.721. The van der Waals surface area contributed by atoms with Crippen molar-refractivity contribution in [3.8, 4) is 0 Å². The maximum Gasteiger partial charge on any atom is 0.338 e. The molecule has 2 aliphatic rings. The Hall–Kier alpha value is -2.75. The van der Waals surface area contributed by atoms with E-state index in [-0.39, 0.29) is 6.61 Å². The lowest BCUT2D eigenvalue weighted by Gasteiger charge is -2.27. The second-order valence-corrected chi connectivity index (χ2v) is 9.08. The van der Waals surface area contributed by atoms with Gasteiger partial charge in [-0.15, -0.1) is 5.10 Å². The predicted octanol–water partition coefficient (Wildman–Crippen LogP) is 3.79. The standard InChI is InChI=1S/C22H29N5O4S/c1-3-30-20(28)18-15(23-21(29)25-19(18)16-10-8-13(2)31-16)12-32-22-24-17(26-27-22)11-9-14-6-4-5-7-14/h8,10,14,19H,3-7,9,11-12H2,1-2H3,(H2,23,25,29)(H,24,26,27). The van der Waals surface area contributed by atoms with E-state index in [9.17, 15) is 9.59 Å². The van der Waals surface area contributed by atoms with Gasteiger partial charge in [0.25, 0.3) is 0 Å². The predicted molar refractivity (Wildman–Crippen MR) is 119 cm³/mol. The number of aromatic amines is 1. The van der Waals surface area contributed by atoms with Gasteiger partial charge in [-0.05, 0) is 38.3 Å². The van der Waals surface area contributed by atoms with Crippen LogP contribution in [0.15, 0.2) is 33.0 Å². The Bertz CT molecular complexity index is 992. The zero-order chi connectivity index (χ0) is 22.5. The Kier molecular flexibility index (Phi) is 7.19. The van der Waals surface area contributed by atoms with Crippen LogP contribution < -0.4 is 10.6 Å². The van der Waals surface area contributed by atoms with Crippen LogP contribution in [0, 0.1) is 12.8 Å². The van der Waals surface area contributed by atoms with E-state index in [4.69, 9.17) is 9.15 Å². The number of ether oxygens (including phenoxy) is 1. The maximum absolute atomic E-state index is 12.8. The number of aromatic nitrogens is 3. The summed E-state index contributed by atoms with van der Waals surface area (Å²) in [5.74, 6) is 2.66. The summed E-state index contributed by atoms with van der Waals surface area (Å²) in [6, 6.07) is 2.42. The first kappa shape index (κ1) is 22.4. The fourth-order valence-electron chi connectivity index (χ4n) is 4.23. The number of rotatable bonds is 9. The summed E-state index contributed by atoms with van der Waals surface area (Å²) in [5.41, 5.74) is 0.791. The number of nitrogens with one attached hydrogen (secondary N) is 3. The maximum atomic E-state index is 12.8. The van der Waals surface area contributed by atoms with Crippen molar-refractivity contribution in [3.63, 3.8) is 0 Å². The fraction of sp³-hybridized carbons (Fsp3) is 0.545. The molecule has 2 aromatic heterocycles. The van der Waals surface area contributed by atoms with E-state index in [0.29, 0.717) is 33.7 Å². The zero-order valence-corrected chi connectivity index (χ0v) is 19.2. The normalized spacial score (nSPS) is 19.2. The molecule has 0 spiro atoms. The van der Waals surface area contributed by atoms with Crippen LogP contribution in [-0.4, -0.2) is 39.5 Å². The van der Waals surface area contributed by atoms with Crippen LogP contribution in [0.5, 0.6) is 0 Å². The number of amides is 2. The molecule has 2 aromatic rings. The number of esters is 1. The van der Waals surface area contributed by atoms with Crippen LogP contribution in [0.4, 0.5) is 4.79 Å². The highest BCUT2D eigenvalue weighted by Crippen LogP contribution is 2.31. The molecule has 1 saturated carbocycles. The molecule has 0 radical (unpaired) electrons. The second-order valence-electron chi connectivity index (χ2n) is 8.14. The molecular formula is C22H29N5O4S. The first-order chi connectivity index (χ1) is 15.5. The summed E-state index contributed by atoms with van der Waals surface area (Å²) in [6.07, 6.45) is 7.30. The number of furan rings is 1. The van der Waals surface area contributed by atoms with Crippen LogP contribution in [0.2, 0.25) is 0 Å². The summed E-state index contributed by atoms with van der Waals surface area (Å²) in [5, 5.41) is 13.4. The fourth-order valence-corrected chi connectivity index (χ4v) is 5.02. The Morgan fingerprint density at radius 2 is 2.12 bits per heavy atom. The van der Waals surface area contributed by atoms with E-state index in [0.717, 1.165) is 24.6 Å². The van der Waals surface area contributed by atoms with Crippen molar-refractivity contribution in [2.45, 2.75) is 63.6 Å². The summed E-state index contributed by atoms with van der Waals surface area (Å²) in [6.45, 7) is 3.78. The summed E-state index contributed by atoms with van der Waals surface area (Å²) in [7, 11) is 0. The van der Waals surface area contributed by atoms with Crippen LogP contribution >= 0.6 is 11.8 Å². The molecule has 2 amide bonds. The topological polar surface area (TPSA) is 122 Å². The van der Waals surface area contributed by atoms with Gasteiger partial charge in [-0.2, -0.15) is 0 Å². The van der Waals surface area contributed by atoms with Gasteiger partial charge < -0.3 is 19.8 Å². The SMILES string of the molecule is CCOC(=O)C1=C(CSc2n[nH]c(CCC3CCCC3)n2)NC(=O)NC1c1ccc(C)o1. The van der Waals surface area contributed by atoms with Crippen LogP contribution in [0.25, 0.3) is 0 Å². The molecule has 32 heavy (non-hydrogen) atoms. The van der Waals surface area contributed by atoms with Gasteiger partial charge in [0.05, 0.1) is 12.2 Å². The Balaban J connectivity index is 1.48. The van der Waals surface area contributed by atoms with Gasteiger partial charge in [0.2, 0.25) is 5.16 Å². The van der Waals surface area contributed by atoms with Gasteiger partial charge >= 0.3 is 12.0 Å². The highest BCUT2D eigenvalue weighted by molar-refractivity contribution is 7.99. The second kappa shape index (κ2) is 10.2. The quantitative estimate of drug-likeness (QED) is 0.385. The lowest BCUT2D eigenvalue weighted by Crippen LogP contribution is -2.46. The van der Waals surface area contributed by atoms with Gasteiger partial charge in [0, 0.05) is 17.9 Å². The Labute approximate surface area is 191 Å². The highest BCUT2D eigenvalue weighted by Gasteiger charge is 2.35. The van der Waals surface area contributed by atoms with E-state index >= 15 is 0 Å². The molecule has 3 heterocycles. The lowest BCUT2D eigenvalue weighted by atomic mass is 10.0. The zero-order valence-electron chi connectivity index (χ0n) is 18.4. The van der Waals surface area contributed by atoms with Crippen molar-refractivity contribution < 1.29 is 18.7 Å². The summed E-state index contributed by atoms with van der Waals surface area (Å²) >= 11 is 1.36. The first-order valence-corrected chi connectivity index (χ1v) is 12.1. The number of carbonyl (C=O) groups excluding carboxylic acids is 2. The van der Waals surface area contributed by atoms with Crippen molar-refractivity contribution >= 4 is 23.8 Å². The number of thioether (sulfide) groups is 1. The summed E-state index contributed by atoms with van der Waals surface area (Å²) < 4.78 is 11.0. The average molecular weight is 460 g/mol. The molecule has 0 saturated heterocycles. The van der Waals surface area contributed by atoms with Crippen LogP contribution in [0.1, 0.15) is 62.4 Å². The third-order valence-electron chi connectivity index (χ3n) is 5.82. The van der Waals surface area contributed by atoms with Crippen molar-refractivity contribution in [1.82, 2.24) is 25.8 Å². The number of aryl methyl sites for hydroxylation is 2. The number of H-pyrrole nitrogens is 1.